The fourth-order valence-electron chi connectivity index (χ4n) is 1.91. The van der Waals surface area contributed by atoms with Crippen LogP contribution in [0.25, 0.3) is 0 Å². The molecule has 2 N–H and O–H groups in total. The van der Waals surface area contributed by atoms with Crippen molar-refractivity contribution < 1.29 is 4.79 Å². The molecule has 2 aromatic carbocycles. The first-order valence-corrected chi connectivity index (χ1v) is 7.98. The third-order valence-electron chi connectivity index (χ3n) is 3.06. The van der Waals surface area contributed by atoms with E-state index < -0.39 is 0 Å². The molecule has 0 aromatic heterocycles. The van der Waals surface area contributed by atoms with Crippen molar-refractivity contribution in [1.29, 1.82) is 0 Å². The van der Waals surface area contributed by atoms with Crippen LogP contribution < -0.4 is 10.6 Å². The van der Waals surface area contributed by atoms with Crippen molar-refractivity contribution in [1.82, 2.24) is 10.6 Å². The quantitative estimate of drug-likeness (QED) is 0.610. The Morgan fingerprint density at radius 2 is 1.76 bits per heavy atom. The standard InChI is InChI=1S/C17H20N2OS/c1-18-17(20)15-9-7-14(8-10-15)13-19-11-12-21-16-5-3-2-4-6-16/h2-10,19H,11-13H2,1H3,(H,18,20). The Morgan fingerprint density at radius 3 is 2.43 bits per heavy atom. The zero-order chi connectivity index (χ0) is 14.9. The van der Waals surface area contributed by atoms with Crippen LogP contribution in [-0.4, -0.2) is 25.3 Å². The van der Waals surface area contributed by atoms with E-state index in [0.29, 0.717) is 5.56 Å². The van der Waals surface area contributed by atoms with E-state index in [1.54, 1.807) is 7.05 Å². The van der Waals surface area contributed by atoms with Gasteiger partial charge in [0, 0.05) is 36.3 Å². The lowest BCUT2D eigenvalue weighted by Crippen LogP contribution is -2.18. The number of thioether (sulfide) groups is 1. The number of benzene rings is 2. The second kappa shape index (κ2) is 8.49. The summed E-state index contributed by atoms with van der Waals surface area (Å²) in [5.41, 5.74) is 1.88. The van der Waals surface area contributed by atoms with Gasteiger partial charge < -0.3 is 10.6 Å². The van der Waals surface area contributed by atoms with Crippen LogP contribution in [0.4, 0.5) is 0 Å². The Hall–Kier alpha value is -1.78. The number of nitrogens with one attached hydrogen (secondary N) is 2. The summed E-state index contributed by atoms with van der Waals surface area (Å²) >= 11 is 1.85. The number of hydrogen-bond acceptors (Lipinski definition) is 3. The molecule has 0 saturated heterocycles. The first-order chi connectivity index (χ1) is 10.3. The summed E-state index contributed by atoms with van der Waals surface area (Å²) in [6.07, 6.45) is 0. The average molecular weight is 300 g/mol. The van der Waals surface area contributed by atoms with E-state index >= 15 is 0 Å². The Balaban J connectivity index is 1.68. The maximum Gasteiger partial charge on any atom is 0.251 e. The van der Waals surface area contributed by atoms with Gasteiger partial charge in [-0.1, -0.05) is 30.3 Å². The largest absolute Gasteiger partial charge is 0.355 e. The topological polar surface area (TPSA) is 41.1 Å². The minimum atomic E-state index is -0.0474. The molecule has 0 spiro atoms. The van der Waals surface area contributed by atoms with E-state index in [-0.39, 0.29) is 5.91 Å². The van der Waals surface area contributed by atoms with Crippen LogP contribution in [0, 0.1) is 0 Å². The molecule has 2 aromatic rings. The van der Waals surface area contributed by atoms with E-state index in [2.05, 4.69) is 34.9 Å². The normalized spacial score (nSPS) is 10.3. The number of amides is 1. The minimum absolute atomic E-state index is 0.0474. The molecule has 21 heavy (non-hydrogen) atoms. The fraction of sp³-hybridized carbons (Fsp3) is 0.235. The first kappa shape index (κ1) is 15.6. The van der Waals surface area contributed by atoms with Gasteiger partial charge in [-0.2, -0.15) is 0 Å². The zero-order valence-electron chi connectivity index (χ0n) is 12.1. The second-order valence-corrected chi connectivity index (χ2v) is 5.78. The van der Waals surface area contributed by atoms with Gasteiger partial charge in [0.2, 0.25) is 0 Å². The molecular weight excluding hydrogens is 280 g/mol. The number of rotatable bonds is 7. The highest BCUT2D eigenvalue weighted by Crippen LogP contribution is 2.15. The Labute approximate surface area is 130 Å². The molecule has 0 fully saturated rings. The highest BCUT2D eigenvalue weighted by atomic mass is 32.2. The van der Waals surface area contributed by atoms with Crippen molar-refractivity contribution in [2.75, 3.05) is 19.3 Å². The molecule has 110 valence electrons. The summed E-state index contributed by atoms with van der Waals surface area (Å²) in [5, 5.41) is 6.03. The summed E-state index contributed by atoms with van der Waals surface area (Å²) in [5.74, 6) is 0.995. The molecule has 0 aliphatic carbocycles. The summed E-state index contributed by atoms with van der Waals surface area (Å²) < 4.78 is 0. The molecule has 0 aliphatic rings. The molecule has 3 nitrogen and oxygen atoms in total. The molecule has 0 atom stereocenters. The molecule has 0 unspecified atom stereocenters. The van der Waals surface area contributed by atoms with Crippen LogP contribution in [0.2, 0.25) is 0 Å². The first-order valence-electron chi connectivity index (χ1n) is 6.99. The van der Waals surface area contributed by atoms with Crippen LogP contribution in [0.3, 0.4) is 0 Å². The van der Waals surface area contributed by atoms with E-state index in [9.17, 15) is 4.79 Å². The summed E-state index contributed by atoms with van der Waals surface area (Å²) in [6.45, 7) is 1.78. The summed E-state index contributed by atoms with van der Waals surface area (Å²) in [7, 11) is 1.64. The van der Waals surface area contributed by atoms with Gasteiger partial charge >= 0.3 is 0 Å². The zero-order valence-corrected chi connectivity index (χ0v) is 13.0. The highest BCUT2D eigenvalue weighted by Gasteiger charge is 2.01. The lowest BCUT2D eigenvalue weighted by atomic mass is 10.1. The molecule has 0 bridgehead atoms. The third-order valence-corrected chi connectivity index (χ3v) is 4.08. The van der Waals surface area contributed by atoms with Gasteiger partial charge in [0.25, 0.3) is 5.91 Å². The molecule has 4 heteroatoms. The lowest BCUT2D eigenvalue weighted by molar-refractivity contribution is 0.0963. The van der Waals surface area contributed by atoms with Gasteiger partial charge in [-0.15, -0.1) is 11.8 Å². The Bertz CT molecular complexity index is 555. The van der Waals surface area contributed by atoms with Crippen molar-refractivity contribution in [3.05, 3.63) is 65.7 Å². The number of carbonyl (C=O) groups is 1. The molecule has 0 aliphatic heterocycles. The van der Waals surface area contributed by atoms with Crippen molar-refractivity contribution in [2.45, 2.75) is 11.4 Å². The minimum Gasteiger partial charge on any atom is -0.355 e. The molecule has 0 radical (unpaired) electrons. The maximum absolute atomic E-state index is 11.4. The van der Waals surface area contributed by atoms with E-state index in [1.165, 1.54) is 10.5 Å². The SMILES string of the molecule is CNC(=O)c1ccc(CNCCSc2ccccc2)cc1. The average Bonchev–Trinajstić information content (AvgIpc) is 2.55. The molecule has 2 rings (SSSR count). The summed E-state index contributed by atoms with van der Waals surface area (Å²) in [4.78, 5) is 12.7. The van der Waals surface area contributed by atoms with Crippen molar-refractivity contribution in [3.8, 4) is 0 Å². The summed E-state index contributed by atoms with van der Waals surface area (Å²) in [6, 6.07) is 18.1. The van der Waals surface area contributed by atoms with Crippen LogP contribution in [0.1, 0.15) is 15.9 Å². The van der Waals surface area contributed by atoms with Crippen molar-refractivity contribution in [3.63, 3.8) is 0 Å². The number of carbonyl (C=O) groups excluding carboxylic acids is 1. The third kappa shape index (κ3) is 5.25. The monoisotopic (exact) mass is 300 g/mol. The van der Waals surface area contributed by atoms with Crippen LogP contribution in [0.5, 0.6) is 0 Å². The van der Waals surface area contributed by atoms with Gasteiger partial charge in [-0.25, -0.2) is 0 Å². The van der Waals surface area contributed by atoms with Gasteiger partial charge in [0.15, 0.2) is 0 Å². The Morgan fingerprint density at radius 1 is 1.05 bits per heavy atom. The van der Waals surface area contributed by atoms with Gasteiger partial charge in [0.1, 0.15) is 0 Å². The van der Waals surface area contributed by atoms with E-state index in [1.807, 2.05) is 42.1 Å². The van der Waals surface area contributed by atoms with E-state index in [4.69, 9.17) is 0 Å². The lowest BCUT2D eigenvalue weighted by Gasteiger charge is -2.06. The Kier molecular flexibility index (Phi) is 6.31. The van der Waals surface area contributed by atoms with Gasteiger partial charge in [0.05, 0.1) is 0 Å². The van der Waals surface area contributed by atoms with Gasteiger partial charge in [-0.3, -0.25) is 4.79 Å². The second-order valence-electron chi connectivity index (χ2n) is 4.61. The molecule has 0 saturated carbocycles. The smallest absolute Gasteiger partial charge is 0.251 e. The van der Waals surface area contributed by atoms with Crippen molar-refractivity contribution >= 4 is 17.7 Å². The van der Waals surface area contributed by atoms with Crippen LogP contribution >= 0.6 is 11.8 Å². The predicted molar refractivity (Wildman–Crippen MR) is 88.7 cm³/mol. The number of hydrogen-bond donors (Lipinski definition) is 2. The molecule has 1 amide bonds. The van der Waals surface area contributed by atoms with Crippen LogP contribution in [-0.2, 0) is 6.54 Å². The highest BCUT2D eigenvalue weighted by molar-refractivity contribution is 7.99. The molecule has 0 heterocycles. The fourth-order valence-corrected chi connectivity index (χ4v) is 2.74. The van der Waals surface area contributed by atoms with Crippen molar-refractivity contribution in [2.24, 2.45) is 0 Å². The maximum atomic E-state index is 11.4. The van der Waals surface area contributed by atoms with Crippen LogP contribution in [0.15, 0.2) is 59.5 Å². The van der Waals surface area contributed by atoms with Gasteiger partial charge in [-0.05, 0) is 29.8 Å². The molecular formula is C17H20N2OS. The predicted octanol–water partition coefficient (Wildman–Crippen LogP) is 2.93. The van der Waals surface area contributed by atoms with E-state index in [0.717, 1.165) is 18.8 Å².